The maximum Gasteiger partial charge on any atom is 0.125 e. The molecule has 0 aliphatic carbocycles. The standard InChI is InChI=1S/C13H22N4S/c1-13(2,9-17(3)4)8-16-11-6-5-10(7-15-11)12(14)18/h5-7H,8-9H2,1-4H3,(H2,14,18)(H,15,16). The fraction of sp³-hybridized carbons (Fsp3) is 0.538. The van der Waals surface area contributed by atoms with Crippen molar-refractivity contribution in [1.29, 1.82) is 0 Å². The van der Waals surface area contributed by atoms with Gasteiger partial charge in [-0.3, -0.25) is 0 Å². The minimum atomic E-state index is 0.188. The highest BCUT2D eigenvalue weighted by Crippen LogP contribution is 2.16. The first-order chi connectivity index (χ1) is 8.30. The summed E-state index contributed by atoms with van der Waals surface area (Å²) in [5, 5.41) is 3.33. The predicted octanol–water partition coefficient (Wildman–Crippen LogP) is 1.72. The maximum absolute atomic E-state index is 5.53. The lowest BCUT2D eigenvalue weighted by Gasteiger charge is -2.28. The third-order valence-corrected chi connectivity index (χ3v) is 2.78. The number of nitrogens with zero attached hydrogens (tertiary/aromatic N) is 2. The molecule has 0 aromatic carbocycles. The van der Waals surface area contributed by atoms with E-state index in [1.807, 2.05) is 12.1 Å². The number of anilines is 1. The van der Waals surface area contributed by atoms with Crippen molar-refractivity contribution in [3.8, 4) is 0 Å². The number of aromatic nitrogens is 1. The van der Waals surface area contributed by atoms with Crippen molar-refractivity contribution in [2.75, 3.05) is 32.5 Å². The lowest BCUT2D eigenvalue weighted by atomic mass is 9.93. The molecule has 0 spiro atoms. The zero-order chi connectivity index (χ0) is 13.8. The Labute approximate surface area is 115 Å². The Balaban J connectivity index is 2.55. The van der Waals surface area contributed by atoms with Gasteiger partial charge in [-0.15, -0.1) is 0 Å². The van der Waals surface area contributed by atoms with Crippen LogP contribution < -0.4 is 11.1 Å². The Bertz CT molecular complexity index is 398. The van der Waals surface area contributed by atoms with Crippen molar-refractivity contribution in [3.05, 3.63) is 23.9 Å². The van der Waals surface area contributed by atoms with Crippen LogP contribution in [0.15, 0.2) is 18.3 Å². The van der Waals surface area contributed by atoms with Crippen molar-refractivity contribution >= 4 is 23.0 Å². The Kier molecular flexibility index (Phi) is 5.04. The van der Waals surface area contributed by atoms with Crippen LogP contribution in [-0.2, 0) is 0 Å². The molecule has 0 unspecified atom stereocenters. The minimum Gasteiger partial charge on any atom is -0.389 e. The van der Waals surface area contributed by atoms with Crippen molar-refractivity contribution < 1.29 is 0 Å². The number of rotatable bonds is 6. The van der Waals surface area contributed by atoms with Crippen molar-refractivity contribution in [2.45, 2.75) is 13.8 Å². The second kappa shape index (κ2) is 6.11. The highest BCUT2D eigenvalue weighted by Gasteiger charge is 2.18. The largest absolute Gasteiger partial charge is 0.389 e. The molecule has 5 heteroatoms. The zero-order valence-electron chi connectivity index (χ0n) is 11.5. The first-order valence-electron chi connectivity index (χ1n) is 5.95. The van der Waals surface area contributed by atoms with E-state index >= 15 is 0 Å². The van der Waals surface area contributed by atoms with E-state index in [2.05, 4.69) is 43.1 Å². The summed E-state index contributed by atoms with van der Waals surface area (Å²) in [6, 6.07) is 3.79. The number of pyridine rings is 1. The molecular weight excluding hydrogens is 244 g/mol. The van der Waals surface area contributed by atoms with Gasteiger partial charge in [0.15, 0.2) is 0 Å². The molecule has 1 rings (SSSR count). The molecule has 3 N–H and O–H groups in total. The fourth-order valence-electron chi connectivity index (χ4n) is 1.89. The number of nitrogens with one attached hydrogen (secondary N) is 1. The van der Waals surface area contributed by atoms with Gasteiger partial charge in [-0.1, -0.05) is 26.1 Å². The van der Waals surface area contributed by atoms with Gasteiger partial charge in [0.25, 0.3) is 0 Å². The summed E-state index contributed by atoms with van der Waals surface area (Å²) in [7, 11) is 4.16. The van der Waals surface area contributed by atoms with Crippen LogP contribution >= 0.6 is 12.2 Å². The van der Waals surface area contributed by atoms with Crippen molar-refractivity contribution in [1.82, 2.24) is 9.88 Å². The summed E-state index contributed by atoms with van der Waals surface area (Å²) in [5.41, 5.74) is 6.51. The van der Waals surface area contributed by atoms with Crippen LogP contribution in [0.1, 0.15) is 19.4 Å². The van der Waals surface area contributed by atoms with Gasteiger partial charge >= 0.3 is 0 Å². The summed E-state index contributed by atoms with van der Waals surface area (Å²) in [6.07, 6.45) is 1.70. The molecule has 0 radical (unpaired) electrons. The molecule has 0 aliphatic heterocycles. The van der Waals surface area contributed by atoms with E-state index in [-0.39, 0.29) is 5.41 Å². The Hall–Kier alpha value is -1.20. The second-order valence-electron chi connectivity index (χ2n) is 5.55. The summed E-state index contributed by atoms with van der Waals surface area (Å²) in [4.78, 5) is 6.85. The average molecular weight is 266 g/mol. The van der Waals surface area contributed by atoms with Gasteiger partial charge < -0.3 is 16.0 Å². The third-order valence-electron chi connectivity index (χ3n) is 2.54. The zero-order valence-corrected chi connectivity index (χ0v) is 12.3. The SMILES string of the molecule is CN(C)CC(C)(C)CNc1ccc(C(N)=S)cn1. The molecular formula is C13H22N4S. The Morgan fingerprint density at radius 3 is 2.56 bits per heavy atom. The van der Waals surface area contributed by atoms with Gasteiger partial charge in [0.2, 0.25) is 0 Å². The summed E-state index contributed by atoms with van der Waals surface area (Å²) in [6.45, 7) is 6.34. The second-order valence-corrected chi connectivity index (χ2v) is 5.99. The van der Waals surface area contributed by atoms with Crippen LogP contribution in [0.25, 0.3) is 0 Å². The van der Waals surface area contributed by atoms with E-state index in [9.17, 15) is 0 Å². The molecule has 1 aromatic heterocycles. The lowest BCUT2D eigenvalue weighted by Crippen LogP contribution is -2.34. The van der Waals surface area contributed by atoms with E-state index < -0.39 is 0 Å². The van der Waals surface area contributed by atoms with E-state index in [1.54, 1.807) is 6.20 Å². The minimum absolute atomic E-state index is 0.188. The smallest absolute Gasteiger partial charge is 0.125 e. The fourth-order valence-corrected chi connectivity index (χ4v) is 2.01. The van der Waals surface area contributed by atoms with Gasteiger partial charge in [-0.05, 0) is 31.6 Å². The molecule has 0 saturated heterocycles. The van der Waals surface area contributed by atoms with Gasteiger partial charge in [0, 0.05) is 24.8 Å². The van der Waals surface area contributed by atoms with Crippen molar-refractivity contribution in [3.63, 3.8) is 0 Å². The van der Waals surface area contributed by atoms with Gasteiger partial charge in [-0.25, -0.2) is 4.98 Å². The molecule has 0 amide bonds. The van der Waals surface area contributed by atoms with E-state index in [0.29, 0.717) is 4.99 Å². The van der Waals surface area contributed by atoms with Crippen LogP contribution in [0.4, 0.5) is 5.82 Å². The normalized spacial score (nSPS) is 11.6. The van der Waals surface area contributed by atoms with Gasteiger partial charge in [0.1, 0.15) is 10.8 Å². The predicted molar refractivity (Wildman–Crippen MR) is 80.9 cm³/mol. The highest BCUT2D eigenvalue weighted by atomic mass is 32.1. The molecule has 18 heavy (non-hydrogen) atoms. The molecule has 1 aromatic rings. The molecule has 100 valence electrons. The van der Waals surface area contributed by atoms with Gasteiger partial charge in [-0.2, -0.15) is 0 Å². The summed E-state index contributed by atoms with van der Waals surface area (Å²) >= 11 is 4.89. The number of hydrogen-bond acceptors (Lipinski definition) is 4. The molecule has 0 aliphatic rings. The van der Waals surface area contributed by atoms with Crippen LogP contribution in [0.2, 0.25) is 0 Å². The molecule has 0 fully saturated rings. The highest BCUT2D eigenvalue weighted by molar-refractivity contribution is 7.80. The van der Waals surface area contributed by atoms with E-state index in [4.69, 9.17) is 18.0 Å². The lowest BCUT2D eigenvalue weighted by molar-refractivity contribution is 0.254. The average Bonchev–Trinajstić information content (AvgIpc) is 2.25. The van der Waals surface area contributed by atoms with E-state index in [0.717, 1.165) is 24.5 Å². The Morgan fingerprint density at radius 1 is 1.44 bits per heavy atom. The number of nitrogens with two attached hydrogens (primary N) is 1. The molecule has 0 bridgehead atoms. The molecule has 0 saturated carbocycles. The third kappa shape index (κ3) is 4.98. The molecule has 4 nitrogen and oxygen atoms in total. The summed E-state index contributed by atoms with van der Waals surface area (Å²) < 4.78 is 0. The summed E-state index contributed by atoms with van der Waals surface area (Å²) in [5.74, 6) is 0.849. The van der Waals surface area contributed by atoms with Crippen LogP contribution in [0, 0.1) is 5.41 Å². The van der Waals surface area contributed by atoms with Crippen LogP contribution in [-0.4, -0.2) is 42.1 Å². The Morgan fingerprint density at radius 2 is 2.11 bits per heavy atom. The molecule has 0 atom stereocenters. The first kappa shape index (κ1) is 14.9. The number of hydrogen-bond donors (Lipinski definition) is 2. The van der Waals surface area contributed by atoms with E-state index in [1.165, 1.54) is 0 Å². The monoisotopic (exact) mass is 266 g/mol. The van der Waals surface area contributed by atoms with Crippen LogP contribution in [0.5, 0.6) is 0 Å². The topological polar surface area (TPSA) is 54.2 Å². The quantitative estimate of drug-likeness (QED) is 0.768. The first-order valence-corrected chi connectivity index (χ1v) is 6.35. The number of thiocarbonyl (C=S) groups is 1. The van der Waals surface area contributed by atoms with Gasteiger partial charge in [0.05, 0.1) is 0 Å². The van der Waals surface area contributed by atoms with Crippen molar-refractivity contribution in [2.24, 2.45) is 11.1 Å². The maximum atomic E-state index is 5.53. The van der Waals surface area contributed by atoms with Crippen LogP contribution in [0.3, 0.4) is 0 Å². The molecule has 1 heterocycles.